The van der Waals surface area contributed by atoms with Gasteiger partial charge < -0.3 is 14.8 Å². The summed E-state index contributed by atoms with van der Waals surface area (Å²) in [5.41, 5.74) is 0. The van der Waals surface area contributed by atoms with Gasteiger partial charge >= 0.3 is 5.97 Å². The van der Waals surface area contributed by atoms with Crippen molar-refractivity contribution >= 4 is 27.5 Å². The second-order valence-electron chi connectivity index (χ2n) is 8.85. The zero-order valence-electron chi connectivity index (χ0n) is 19.9. The minimum Gasteiger partial charge on any atom is -0.464 e. The molecule has 3 atom stereocenters. The fourth-order valence-corrected chi connectivity index (χ4v) is 5.05. The molecule has 190 valence electrons. The Balaban J connectivity index is 1.73. The molecule has 0 aromatic heterocycles. The fourth-order valence-electron chi connectivity index (χ4n) is 3.68. The number of ether oxygens (including phenoxy) is 2. The number of carbonyl (C=O) groups is 3. The lowest BCUT2D eigenvalue weighted by Crippen LogP contribution is -2.34. The minimum atomic E-state index is -3.47. The molecule has 1 N–H and O–H groups in total. The first kappa shape index (κ1) is 27.9. The summed E-state index contributed by atoms with van der Waals surface area (Å²) in [4.78, 5) is 36.9. The molecule has 1 unspecified atom stereocenters. The highest BCUT2D eigenvalue weighted by atomic mass is 32.2. The molecule has 1 aliphatic heterocycles. The number of hydrogen-bond acceptors (Lipinski definition) is 7. The summed E-state index contributed by atoms with van der Waals surface area (Å²) in [5.74, 6) is -1.97. The van der Waals surface area contributed by atoms with Gasteiger partial charge in [-0.3, -0.25) is 9.59 Å². The van der Waals surface area contributed by atoms with E-state index in [-0.39, 0.29) is 41.3 Å². The van der Waals surface area contributed by atoms with Crippen LogP contribution in [0.1, 0.15) is 52.9 Å². The van der Waals surface area contributed by atoms with Crippen molar-refractivity contribution in [1.82, 2.24) is 5.32 Å². The summed E-state index contributed by atoms with van der Waals surface area (Å²) in [6, 6.07) is 4.74. The van der Waals surface area contributed by atoms with Crippen molar-refractivity contribution in [3.8, 4) is 0 Å². The average Bonchev–Trinajstić information content (AvgIpc) is 3.57. The van der Waals surface area contributed by atoms with Crippen LogP contribution >= 0.6 is 0 Å². The van der Waals surface area contributed by atoms with E-state index in [9.17, 15) is 27.2 Å². The van der Waals surface area contributed by atoms with Crippen LogP contribution in [0.3, 0.4) is 0 Å². The van der Waals surface area contributed by atoms with Crippen molar-refractivity contribution < 1.29 is 36.7 Å². The van der Waals surface area contributed by atoms with Gasteiger partial charge in [0.05, 0.1) is 17.3 Å². The molecule has 0 aliphatic carbocycles. The van der Waals surface area contributed by atoms with Gasteiger partial charge in [-0.2, -0.15) is 0 Å². The number of esters is 1. The molecule has 1 amide bonds. The summed E-state index contributed by atoms with van der Waals surface area (Å²) < 4.78 is 47.5. The molecule has 0 saturated carbocycles. The maximum absolute atomic E-state index is 13.0. The number of halogens is 1. The van der Waals surface area contributed by atoms with Gasteiger partial charge in [0.25, 0.3) is 0 Å². The van der Waals surface area contributed by atoms with E-state index in [0.29, 0.717) is 32.2 Å². The van der Waals surface area contributed by atoms with Gasteiger partial charge in [-0.25, -0.2) is 17.6 Å². The first-order valence-corrected chi connectivity index (χ1v) is 13.3. The molecule has 1 heterocycles. The van der Waals surface area contributed by atoms with Gasteiger partial charge in [0.2, 0.25) is 5.91 Å². The van der Waals surface area contributed by atoms with Crippen LogP contribution in [0.4, 0.5) is 4.39 Å². The van der Waals surface area contributed by atoms with Crippen molar-refractivity contribution in [1.29, 1.82) is 0 Å². The molecule has 1 aliphatic rings. The van der Waals surface area contributed by atoms with E-state index in [4.69, 9.17) is 9.47 Å². The summed E-state index contributed by atoms with van der Waals surface area (Å²) in [6.07, 6.45) is 0.378. The predicted molar refractivity (Wildman–Crippen MR) is 123 cm³/mol. The molecule has 1 aromatic carbocycles. The zero-order valence-corrected chi connectivity index (χ0v) is 20.7. The number of carbonyl (C=O) groups excluding carboxylic acids is 3. The number of amides is 1. The molecule has 8 nitrogen and oxygen atoms in total. The SMILES string of the molecule is CCOC(=O)[C@H]1OC1C(=O)C[C@@H](CC(C)C)C(=O)NCCCCCS(=O)(=O)c1ccc(F)cc1. The Morgan fingerprint density at radius 2 is 1.76 bits per heavy atom. The topological polar surface area (TPSA) is 119 Å². The standard InChI is InChI=1S/C24H34FNO7S/c1-4-32-24(29)22-21(33-22)20(27)15-17(14-16(2)3)23(28)26-12-6-5-7-13-34(30,31)19-10-8-18(25)9-11-19/h8-11,16-17,21-22H,4-7,12-15H2,1-3H3,(H,26,28)/t17-,21?,22+/m1/s1. The van der Waals surface area contributed by atoms with Gasteiger partial charge in [-0.15, -0.1) is 0 Å². The molecule has 0 bridgehead atoms. The Kier molecular flexibility index (Phi) is 10.6. The minimum absolute atomic E-state index is 0.0134. The van der Waals surface area contributed by atoms with Gasteiger partial charge in [0.15, 0.2) is 27.8 Å². The van der Waals surface area contributed by atoms with E-state index in [0.717, 1.165) is 12.1 Å². The number of ketones is 1. The Morgan fingerprint density at radius 1 is 1.09 bits per heavy atom. The largest absolute Gasteiger partial charge is 0.464 e. The summed E-state index contributed by atoms with van der Waals surface area (Å²) >= 11 is 0. The summed E-state index contributed by atoms with van der Waals surface area (Å²) in [6.45, 7) is 6.16. The quantitative estimate of drug-likeness (QED) is 0.171. The molecule has 2 rings (SSSR count). The molecule has 1 fully saturated rings. The summed E-state index contributed by atoms with van der Waals surface area (Å²) in [7, 11) is -3.47. The average molecular weight is 500 g/mol. The fraction of sp³-hybridized carbons (Fsp3) is 0.625. The number of epoxide rings is 1. The smallest absolute Gasteiger partial charge is 0.338 e. The third-order valence-corrected chi connectivity index (χ3v) is 7.28. The zero-order chi connectivity index (χ0) is 25.3. The Labute approximate surface area is 200 Å². The lowest BCUT2D eigenvalue weighted by molar-refractivity contribution is -0.144. The molecule has 1 saturated heterocycles. The first-order chi connectivity index (χ1) is 16.0. The highest BCUT2D eigenvalue weighted by molar-refractivity contribution is 7.91. The molecule has 10 heteroatoms. The Morgan fingerprint density at radius 3 is 2.38 bits per heavy atom. The van der Waals surface area contributed by atoms with Crippen LogP contribution in [0.25, 0.3) is 0 Å². The van der Waals surface area contributed by atoms with E-state index in [1.54, 1.807) is 6.92 Å². The van der Waals surface area contributed by atoms with Gasteiger partial charge in [0.1, 0.15) is 5.82 Å². The van der Waals surface area contributed by atoms with Crippen LogP contribution in [-0.2, 0) is 33.7 Å². The van der Waals surface area contributed by atoms with Gasteiger partial charge in [-0.1, -0.05) is 20.3 Å². The molecule has 1 aromatic rings. The van der Waals surface area contributed by atoms with E-state index in [1.165, 1.54) is 12.1 Å². The van der Waals surface area contributed by atoms with E-state index >= 15 is 0 Å². The van der Waals surface area contributed by atoms with Crippen LogP contribution in [0.15, 0.2) is 29.2 Å². The number of hydrogen-bond donors (Lipinski definition) is 1. The normalized spacial score (nSPS) is 18.4. The molecular formula is C24H34FNO7S. The molecule has 34 heavy (non-hydrogen) atoms. The highest BCUT2D eigenvalue weighted by Crippen LogP contribution is 2.28. The van der Waals surface area contributed by atoms with E-state index < -0.39 is 39.7 Å². The maximum atomic E-state index is 13.0. The van der Waals surface area contributed by atoms with Crippen LogP contribution in [0.5, 0.6) is 0 Å². The van der Waals surface area contributed by atoms with Gasteiger partial charge in [0, 0.05) is 18.9 Å². The third-order valence-electron chi connectivity index (χ3n) is 5.46. The number of unbranched alkanes of at least 4 members (excludes halogenated alkanes) is 2. The Hall–Kier alpha value is -2.33. The van der Waals surface area contributed by atoms with Crippen molar-refractivity contribution in [2.75, 3.05) is 18.9 Å². The number of sulfone groups is 1. The second-order valence-corrected chi connectivity index (χ2v) is 11.0. The van der Waals surface area contributed by atoms with Crippen molar-refractivity contribution in [3.63, 3.8) is 0 Å². The lowest BCUT2D eigenvalue weighted by Gasteiger charge is -2.18. The first-order valence-electron chi connectivity index (χ1n) is 11.7. The number of Topliss-reactive ketones (excluding diaryl/α,β-unsaturated/α-hetero) is 1. The molecule has 0 radical (unpaired) electrons. The van der Waals surface area contributed by atoms with Crippen LogP contribution < -0.4 is 5.32 Å². The van der Waals surface area contributed by atoms with Crippen LogP contribution in [0.2, 0.25) is 0 Å². The number of benzene rings is 1. The second kappa shape index (κ2) is 12.9. The summed E-state index contributed by atoms with van der Waals surface area (Å²) in [5, 5.41) is 2.83. The van der Waals surface area contributed by atoms with Crippen molar-refractivity contribution in [2.24, 2.45) is 11.8 Å². The lowest BCUT2D eigenvalue weighted by atomic mass is 9.90. The highest BCUT2D eigenvalue weighted by Gasteiger charge is 2.51. The van der Waals surface area contributed by atoms with Gasteiger partial charge in [-0.05, 0) is 56.4 Å². The van der Waals surface area contributed by atoms with E-state index in [2.05, 4.69) is 5.32 Å². The third kappa shape index (κ3) is 8.79. The maximum Gasteiger partial charge on any atom is 0.338 e. The van der Waals surface area contributed by atoms with Crippen molar-refractivity contribution in [3.05, 3.63) is 30.1 Å². The predicted octanol–water partition coefficient (Wildman–Crippen LogP) is 2.84. The molecule has 0 spiro atoms. The number of nitrogens with one attached hydrogen (secondary N) is 1. The number of rotatable bonds is 15. The van der Waals surface area contributed by atoms with Crippen LogP contribution in [-0.4, -0.2) is 57.2 Å². The van der Waals surface area contributed by atoms with E-state index in [1.807, 2.05) is 13.8 Å². The molecular weight excluding hydrogens is 465 g/mol. The van der Waals surface area contributed by atoms with Crippen molar-refractivity contribution in [2.45, 2.75) is 70.0 Å². The Bertz CT molecular complexity index is 947. The monoisotopic (exact) mass is 499 g/mol. The van der Waals surface area contributed by atoms with Crippen LogP contribution in [0, 0.1) is 17.7 Å².